The Labute approximate surface area is 419 Å². The molecule has 0 aliphatic heterocycles. The van der Waals surface area contributed by atoms with Crippen LogP contribution in [0.25, 0.3) is 72.5 Å². The molecule has 0 bridgehead atoms. The summed E-state index contributed by atoms with van der Waals surface area (Å²) in [5.41, 5.74) is 13.3. The second-order valence-electron chi connectivity index (χ2n) is 16.9. The van der Waals surface area contributed by atoms with Gasteiger partial charge in [-0.2, -0.15) is 22.9 Å². The Balaban J connectivity index is 0.00000304. The van der Waals surface area contributed by atoms with Gasteiger partial charge in [0.15, 0.2) is 0 Å². The van der Waals surface area contributed by atoms with E-state index >= 15 is 0 Å². The van der Waals surface area contributed by atoms with Crippen molar-refractivity contribution < 1.29 is 50.3 Å². The Morgan fingerprint density at radius 1 is 0.463 bits per heavy atom. The molecule has 0 saturated carbocycles. The summed E-state index contributed by atoms with van der Waals surface area (Å²) in [5, 5.41) is 1.86. The predicted octanol–water partition coefficient (Wildman–Crippen LogP) is 14.7. The van der Waals surface area contributed by atoms with E-state index in [4.69, 9.17) is 19.4 Å². The first kappa shape index (κ1) is 46.9. The summed E-state index contributed by atoms with van der Waals surface area (Å²) < 4.78 is 15.7. The number of aromatic nitrogens is 5. The molecule has 0 saturated heterocycles. The summed E-state index contributed by atoms with van der Waals surface area (Å²) in [5.74, 6) is 3.46. The van der Waals surface area contributed by atoms with Gasteiger partial charge >= 0.3 is 40.8 Å². The smallest absolute Gasteiger partial charge is 0.502 e. The fourth-order valence-corrected chi connectivity index (χ4v) is 8.41. The molecular weight excluding hydrogens is 1010 g/mol. The van der Waals surface area contributed by atoms with Crippen molar-refractivity contribution in [3.63, 3.8) is 0 Å². The van der Waals surface area contributed by atoms with E-state index < -0.39 is 0 Å². The van der Waals surface area contributed by atoms with Gasteiger partial charge in [-0.1, -0.05) is 160 Å². The number of benzene rings is 6. The molecule has 6 aromatic carbocycles. The fraction of sp³-hybridized carbons (Fsp3) is 0.138. The Kier molecular flexibility index (Phi) is 14.1. The van der Waals surface area contributed by atoms with Crippen molar-refractivity contribution >= 4 is 21.8 Å². The van der Waals surface area contributed by atoms with Crippen LogP contribution in [0, 0.1) is 38.1 Å². The van der Waals surface area contributed by atoms with E-state index in [9.17, 15) is 0 Å². The van der Waals surface area contributed by atoms with Crippen molar-refractivity contribution in [3.8, 4) is 73.7 Å². The molecule has 0 spiro atoms. The van der Waals surface area contributed by atoms with E-state index in [-0.39, 0.29) is 40.8 Å². The van der Waals surface area contributed by atoms with Gasteiger partial charge in [0.25, 0.3) is 0 Å². The van der Waals surface area contributed by atoms with E-state index in [0.29, 0.717) is 40.8 Å². The van der Waals surface area contributed by atoms with Crippen LogP contribution in [-0.2, 0) is 40.8 Å². The first-order valence-corrected chi connectivity index (χ1v) is 21.9. The fourth-order valence-electron chi connectivity index (χ4n) is 8.41. The van der Waals surface area contributed by atoms with Crippen LogP contribution in [-0.4, -0.2) is 24.5 Å². The zero-order valence-electron chi connectivity index (χ0n) is 37.8. The van der Waals surface area contributed by atoms with Gasteiger partial charge in [-0.25, -0.2) is 9.97 Å². The number of hydrogen-bond donors (Lipinski definition) is 0. The molecular formula is C58H45N5O2Pd2. The summed E-state index contributed by atoms with van der Waals surface area (Å²) in [6.07, 6.45) is 7.05. The topological polar surface area (TPSA) is 75.0 Å². The van der Waals surface area contributed by atoms with E-state index in [1.54, 1.807) is 30.9 Å². The van der Waals surface area contributed by atoms with Crippen LogP contribution in [0.5, 0.6) is 23.0 Å². The molecule has 7 nitrogen and oxygen atoms in total. The molecule has 0 fully saturated rings. The van der Waals surface area contributed by atoms with Crippen LogP contribution in [0.4, 0.5) is 0 Å². The molecule has 0 atom stereocenters. The molecule has 0 radical (unpaired) electrons. The third-order valence-electron chi connectivity index (χ3n) is 11.8. The predicted molar refractivity (Wildman–Crippen MR) is 260 cm³/mol. The number of hydrogen-bond acceptors (Lipinski definition) is 6. The second kappa shape index (κ2) is 20.1. The first-order chi connectivity index (χ1) is 31.7. The minimum atomic E-state index is 0. The number of aryl methyl sites for hydroxylation is 2. The molecule has 67 heavy (non-hydrogen) atoms. The molecule has 10 aromatic rings. The van der Waals surface area contributed by atoms with Crippen LogP contribution in [0.15, 0.2) is 152 Å². The van der Waals surface area contributed by atoms with E-state index in [1.165, 1.54) is 11.1 Å². The molecule has 334 valence electrons. The van der Waals surface area contributed by atoms with Gasteiger partial charge < -0.3 is 24.0 Å². The Bertz CT molecular complexity index is 3120. The van der Waals surface area contributed by atoms with E-state index in [2.05, 4.69) is 149 Å². The maximum atomic E-state index is 6.88. The Morgan fingerprint density at radius 2 is 0.881 bits per heavy atom. The largest absolute Gasteiger partial charge is 2.00 e. The van der Waals surface area contributed by atoms with E-state index in [0.717, 1.165) is 77.7 Å². The summed E-state index contributed by atoms with van der Waals surface area (Å²) in [6, 6.07) is 57.5. The van der Waals surface area contributed by atoms with Crippen LogP contribution in [0.1, 0.15) is 61.8 Å². The van der Waals surface area contributed by atoms with Crippen molar-refractivity contribution in [2.75, 3.05) is 0 Å². The van der Waals surface area contributed by atoms with Gasteiger partial charge in [0.1, 0.15) is 0 Å². The van der Waals surface area contributed by atoms with Crippen molar-refractivity contribution in [2.24, 2.45) is 0 Å². The summed E-state index contributed by atoms with van der Waals surface area (Å²) in [7, 11) is 0. The molecule has 0 aliphatic rings. The average molecular weight is 1060 g/mol. The van der Waals surface area contributed by atoms with Crippen LogP contribution in [0.2, 0.25) is 0 Å². The van der Waals surface area contributed by atoms with Crippen molar-refractivity contribution in [2.45, 2.75) is 53.4 Å². The number of fused-ring (bicyclic) bond motifs is 3. The van der Waals surface area contributed by atoms with Crippen molar-refractivity contribution in [1.82, 2.24) is 24.5 Å². The maximum absolute atomic E-state index is 6.88. The monoisotopic (exact) mass is 1060 g/mol. The van der Waals surface area contributed by atoms with Crippen molar-refractivity contribution in [3.05, 3.63) is 199 Å². The van der Waals surface area contributed by atoms with Gasteiger partial charge in [0, 0.05) is 47.8 Å². The zero-order valence-corrected chi connectivity index (χ0v) is 40.9. The summed E-state index contributed by atoms with van der Waals surface area (Å²) in [6.45, 7) is 13.0. The molecule has 0 aliphatic carbocycles. The van der Waals surface area contributed by atoms with E-state index in [1.807, 2.05) is 53.1 Å². The second-order valence-corrected chi connectivity index (χ2v) is 16.9. The molecule has 0 amide bonds. The normalized spacial score (nSPS) is 11.2. The number of pyridine rings is 2. The van der Waals surface area contributed by atoms with Gasteiger partial charge in [-0.05, 0) is 52.5 Å². The average Bonchev–Trinajstić information content (AvgIpc) is 3.65. The van der Waals surface area contributed by atoms with Crippen molar-refractivity contribution in [1.29, 1.82) is 0 Å². The summed E-state index contributed by atoms with van der Waals surface area (Å²) in [4.78, 5) is 18.7. The zero-order chi connectivity index (χ0) is 44.6. The third kappa shape index (κ3) is 9.53. The molecule has 9 heteroatoms. The Morgan fingerprint density at radius 3 is 1.27 bits per heavy atom. The number of ether oxygens (including phenoxy) is 2. The molecule has 4 aromatic heterocycles. The van der Waals surface area contributed by atoms with Crippen LogP contribution < -0.4 is 9.47 Å². The minimum absolute atomic E-state index is 0. The van der Waals surface area contributed by atoms with Gasteiger partial charge in [0.2, 0.25) is 5.95 Å². The van der Waals surface area contributed by atoms with Gasteiger partial charge in [-0.3, -0.25) is 0 Å². The minimum Gasteiger partial charge on any atom is -0.502 e. The number of nitrogens with zero attached hydrogens (tertiary/aromatic N) is 5. The first-order valence-electron chi connectivity index (χ1n) is 21.9. The number of rotatable bonds is 11. The molecule has 0 unspecified atom stereocenters. The van der Waals surface area contributed by atoms with Gasteiger partial charge in [0.05, 0.1) is 0 Å². The Hall–Kier alpha value is -6.58. The quantitative estimate of drug-likeness (QED) is 0.0949. The SMILES string of the molecule is Cc1cc(-c2ccccn2)[c-]c(Oc2[c-]c3c(cc2)c2ccc(Oc4[c-]c(-c5ccccn5)cc(C)c4-c4ccc(C(C)C)cc4)[c-]c2n3-c2ncccn2)c1-c1ccc(C(C)C)cc1.[Pd+2].[Pd+2]. The molecule has 0 N–H and O–H groups in total. The van der Waals surface area contributed by atoms with Gasteiger partial charge in [-0.15, -0.1) is 58.7 Å². The molecule has 4 heterocycles. The third-order valence-corrected chi connectivity index (χ3v) is 11.8. The maximum Gasteiger partial charge on any atom is 2.00 e. The molecule has 10 rings (SSSR count). The standard InChI is InChI=1S/C58H45N5O2.2Pd/c1-36(2)40-14-18-42(19-15-40)56-38(5)30-44(50-12-7-9-26-59-50)32-54(56)64-46-22-24-48-49-25-23-47(35-53(49)63(52(48)34-46)58-61-28-11-29-62-58)65-55-33-45(51-13-8-10-27-60-51)31-39(6)57(55)43-20-16-41(17-21-43)37(3)4;;/h7-31,36-37H,1-6H3;;/q-4;2*+2. The van der Waals surface area contributed by atoms with Crippen LogP contribution >= 0.6 is 0 Å². The summed E-state index contributed by atoms with van der Waals surface area (Å²) >= 11 is 0. The van der Waals surface area contributed by atoms with Crippen LogP contribution in [0.3, 0.4) is 0 Å².